The minimum absolute atomic E-state index is 0.0154. The number of benzene rings is 4. The second-order valence-corrected chi connectivity index (χ2v) is 32.3. The van der Waals surface area contributed by atoms with Crippen molar-refractivity contribution >= 4 is 31.3 Å². The Kier molecular flexibility index (Phi) is 23.4. The number of nitrogens with zero attached hydrogens (tertiary/aromatic N) is 4. The van der Waals surface area contributed by atoms with Gasteiger partial charge in [0, 0.05) is 97.0 Å². The number of para-hydroxylation sites is 4. The smallest absolute Gasteiger partial charge is 0.493 e. The van der Waals surface area contributed by atoms with Gasteiger partial charge >= 0.3 is 54.0 Å². The van der Waals surface area contributed by atoms with Crippen LogP contribution in [-0.4, -0.2) is 161 Å². The van der Waals surface area contributed by atoms with Gasteiger partial charge in [-0.25, -0.2) is 55.0 Å². The van der Waals surface area contributed by atoms with Gasteiger partial charge in [0.15, 0.2) is 70.9 Å². The van der Waals surface area contributed by atoms with Gasteiger partial charge in [-0.3, -0.25) is 93.6 Å². The average Bonchev–Trinajstić information content (AvgIpc) is 1.84. The number of alkyl halides is 4. The topological polar surface area (TPSA) is 553 Å². The summed E-state index contributed by atoms with van der Waals surface area (Å²) in [6.45, 7) is -9.88. The Morgan fingerprint density at radius 2 is 0.650 bits per heavy atom. The monoisotopic (exact) mass is 1780 g/mol. The number of aromatic amines is 4. The van der Waals surface area contributed by atoms with Crippen LogP contribution in [0.3, 0.4) is 0 Å². The minimum atomic E-state index is -4.79. The maximum Gasteiger partial charge on any atom is 0.530 e. The minimum Gasteiger partial charge on any atom is -0.493 e. The maximum absolute atomic E-state index is 15.7. The average molecular weight is 1780 g/mol. The Morgan fingerprint density at radius 1 is 0.392 bits per heavy atom. The van der Waals surface area contributed by atoms with Crippen molar-refractivity contribution in [2.24, 2.45) is 0 Å². The van der Waals surface area contributed by atoms with Crippen molar-refractivity contribution in [2.75, 3.05) is 54.8 Å². The fourth-order valence-corrected chi connectivity index (χ4v) is 16.9. The largest absolute Gasteiger partial charge is 0.530 e. The standard InChI is InChI=1S/4C17H18FN2O9P/c4*1-25-12-4-2-3-10-8-26-30(24,29-14(10)12)27-9-17(18)7-11(21)15(28-17)20-6-5-13(22)19-16(20)23/h4*2-6,11,15,21H,7-9H2,1H3,(H,19,22,23)/t4*11-,15-,17+,30?/m1111/s1/i9D2,15D;15D;9D2;. The molecule has 4 aromatic heterocycles. The first-order valence-corrected chi connectivity index (χ1v) is 40.6. The van der Waals surface area contributed by atoms with E-state index in [0.717, 1.165) is 53.6 Å². The molecule has 0 spiro atoms. The molecule has 0 bridgehead atoms. The highest BCUT2D eigenvalue weighted by atomic mass is 31.2. The van der Waals surface area contributed by atoms with Gasteiger partial charge in [0.05, 0.1) is 63.1 Å². The van der Waals surface area contributed by atoms with Crippen molar-refractivity contribution in [2.45, 2.75) is 125 Å². The van der Waals surface area contributed by atoms with Crippen molar-refractivity contribution < 1.29 is 157 Å². The number of aromatic nitrogens is 8. The number of aliphatic hydroxyl groups is 4. The first kappa shape index (κ1) is 79.8. The number of halogens is 4. The van der Waals surface area contributed by atoms with Crippen LogP contribution in [0.25, 0.3) is 0 Å². The number of nitrogens with one attached hydrogen (secondary N) is 4. The number of rotatable bonds is 20. The summed E-state index contributed by atoms with van der Waals surface area (Å²) in [5.74, 6) is -11.3. The molecule has 4 fully saturated rings. The molecule has 0 aliphatic carbocycles. The molecule has 8 aromatic rings. The quantitative estimate of drug-likeness (QED) is 0.0371. The zero-order valence-electron chi connectivity index (χ0n) is 68.0. The number of hydrogen-bond acceptors (Lipinski definition) is 36. The van der Waals surface area contributed by atoms with E-state index in [4.69, 9.17) is 100 Å². The predicted octanol–water partition coefficient (Wildman–Crippen LogP) is 4.90. The van der Waals surface area contributed by atoms with E-state index in [1.54, 1.807) is 60.7 Å². The van der Waals surface area contributed by atoms with E-state index < -0.39 is 201 Å². The molecule has 4 aromatic carbocycles. The molecule has 8 aliphatic rings. The van der Waals surface area contributed by atoms with Gasteiger partial charge in [0.1, 0.15) is 50.7 Å². The fourth-order valence-electron chi connectivity index (χ4n) is 12.1. The first-order chi connectivity index (χ1) is 59.1. The number of phosphoric ester groups is 4. The molecule has 44 nitrogen and oxygen atoms in total. The van der Waals surface area contributed by atoms with E-state index in [1.165, 1.54) is 40.6 Å². The van der Waals surface area contributed by atoms with E-state index in [9.17, 15) is 77.0 Å². The molecule has 12 heterocycles. The fraction of sp³-hybridized carbons (Fsp3) is 0.412. The van der Waals surface area contributed by atoms with Crippen LogP contribution in [0.15, 0.2) is 160 Å². The van der Waals surface area contributed by atoms with Gasteiger partial charge in [0.2, 0.25) is 23.4 Å². The first-order valence-electron chi connectivity index (χ1n) is 37.7. The summed E-state index contributed by atoms with van der Waals surface area (Å²) in [7, 11) is -12.5. The van der Waals surface area contributed by atoms with Crippen LogP contribution < -0.4 is 82.0 Å². The zero-order valence-corrected chi connectivity index (χ0v) is 65.6. The summed E-state index contributed by atoms with van der Waals surface area (Å²) in [6.07, 6.45) is -15.5. The summed E-state index contributed by atoms with van der Waals surface area (Å²) in [6, 6.07) is 23.0. The number of hydrogen-bond donors (Lipinski definition) is 8. The Hall–Kier alpha value is -10.0. The highest BCUT2D eigenvalue weighted by Gasteiger charge is 2.55. The molecule has 0 radical (unpaired) electrons. The number of ether oxygens (including phenoxy) is 8. The number of phosphoric acid groups is 4. The van der Waals surface area contributed by atoms with Gasteiger partial charge in [-0.15, -0.1) is 0 Å². The summed E-state index contributed by atoms with van der Waals surface area (Å²) < 4.78 is 266. The van der Waals surface area contributed by atoms with Gasteiger partial charge in [-0.05, 0) is 24.3 Å². The second kappa shape index (κ2) is 35.2. The molecule has 0 amide bonds. The molecule has 16 atom stereocenters. The molecule has 8 aliphatic heterocycles. The van der Waals surface area contributed by atoms with Crippen LogP contribution in [0.5, 0.6) is 46.0 Å². The lowest BCUT2D eigenvalue weighted by Gasteiger charge is -2.28. The number of aliphatic hydroxyl groups excluding tert-OH is 4. The number of methoxy groups -OCH3 is 4. The van der Waals surface area contributed by atoms with Crippen molar-refractivity contribution in [3.8, 4) is 46.0 Å². The molecule has 16 rings (SSSR count). The van der Waals surface area contributed by atoms with E-state index in [2.05, 4.69) is 0 Å². The molecular formula is C68H72F4N8O36P4. The van der Waals surface area contributed by atoms with E-state index in [0.29, 0.717) is 41.7 Å². The zero-order chi connectivity index (χ0) is 91.5. The highest BCUT2D eigenvalue weighted by Crippen LogP contribution is 2.62. The van der Waals surface area contributed by atoms with Crippen molar-refractivity contribution in [3.05, 3.63) is 227 Å². The molecule has 648 valence electrons. The molecule has 4 saturated heterocycles. The number of fused-ring (bicyclic) bond motifs is 4. The Bertz CT molecular complexity index is 6160. The van der Waals surface area contributed by atoms with Gasteiger partial charge in [0.25, 0.3) is 22.2 Å². The lowest BCUT2D eigenvalue weighted by molar-refractivity contribution is -0.179. The lowest BCUT2D eigenvalue weighted by Crippen LogP contribution is -2.35. The summed E-state index contributed by atoms with van der Waals surface area (Å²) in [5.41, 5.74) is -5.16. The van der Waals surface area contributed by atoms with Crippen molar-refractivity contribution in [3.63, 3.8) is 0 Å². The van der Waals surface area contributed by atoms with E-state index in [-0.39, 0.29) is 66.7 Å². The third kappa shape index (κ3) is 19.8. The SMILES string of the molecule is COc1cccc2c1OP(=O)(OC[C@]1(F)C[C@@H](O)[C@H](n3ccc(=O)[nH]c3=O)O1)OC2.[2H]C([2H])(OP1(=O)OCc2cccc(OC)c2O1)[C@]1(F)C[C@@H](O)[C@H](n2ccc(=O)[nH]c2=O)O1.[2H]C([2H])(OP1(=O)OCc2cccc(OC)c2O1)[C@]1(F)C[C@@H](O)[C@]([2H])(n2ccc(=O)[nH]c2=O)O1.[2H][C@@]1(n2ccc(=O)[nH]c2=O)O[C@](F)(COP2(=O)OCc3cccc(OC)c3O2)C[C@H]1O. The third-order valence-corrected chi connectivity index (χ3v) is 22.6. The van der Waals surface area contributed by atoms with E-state index >= 15 is 17.6 Å². The lowest BCUT2D eigenvalue weighted by atomic mass is 10.2. The normalized spacial score (nSPS) is 32.7. The summed E-state index contributed by atoms with van der Waals surface area (Å²) >= 11 is 0. The predicted molar refractivity (Wildman–Crippen MR) is 392 cm³/mol. The highest BCUT2D eigenvalue weighted by molar-refractivity contribution is 7.49. The third-order valence-electron chi connectivity index (χ3n) is 17.7. The van der Waals surface area contributed by atoms with Crippen LogP contribution in [0.2, 0.25) is 0 Å². The van der Waals surface area contributed by atoms with Crippen molar-refractivity contribution in [1.29, 1.82) is 0 Å². The van der Waals surface area contributed by atoms with Crippen LogP contribution >= 0.6 is 31.3 Å². The Labute approximate surface area is 677 Å². The van der Waals surface area contributed by atoms with Gasteiger partial charge < -0.3 is 76.4 Å². The van der Waals surface area contributed by atoms with Gasteiger partial charge in [-0.1, -0.05) is 48.5 Å². The summed E-state index contributed by atoms with van der Waals surface area (Å²) in [5, 5.41) is 40.9. The molecule has 0 saturated carbocycles. The van der Waals surface area contributed by atoms with Crippen LogP contribution in [-0.2, 0) is 99.8 Å². The molecule has 52 heteroatoms. The maximum atomic E-state index is 15.7. The van der Waals surface area contributed by atoms with Crippen LogP contribution in [0, 0.1) is 0 Å². The van der Waals surface area contributed by atoms with Crippen molar-refractivity contribution in [1.82, 2.24) is 38.2 Å². The second-order valence-electron chi connectivity index (χ2n) is 26.1. The van der Waals surface area contributed by atoms with Gasteiger partial charge in [-0.2, -0.15) is 0 Å². The molecule has 8 N–H and O–H groups in total. The molecule has 4 unspecified atom stereocenters. The van der Waals surface area contributed by atoms with Crippen LogP contribution in [0.4, 0.5) is 17.6 Å². The Balaban J connectivity index is 0.000000144. The number of H-pyrrole nitrogens is 4. The van der Waals surface area contributed by atoms with E-state index in [1.807, 2.05) is 19.9 Å². The molecule has 120 heavy (non-hydrogen) atoms. The Morgan fingerprint density at radius 3 is 0.967 bits per heavy atom. The van der Waals surface area contributed by atoms with Crippen LogP contribution in [0.1, 0.15) is 81.0 Å². The molecular weight excluding hydrogens is 1700 g/mol. The summed E-state index contributed by atoms with van der Waals surface area (Å²) in [4.78, 5) is 100.